The SMILES string of the molecule is C=CCn1c(NN=Cc2cccc(O)c2)nc2c1c(=O)[nH]c(=O)n2C. The van der Waals surface area contributed by atoms with Crippen LogP contribution in [-0.4, -0.2) is 30.4 Å². The van der Waals surface area contributed by atoms with Gasteiger partial charge < -0.3 is 5.11 Å². The van der Waals surface area contributed by atoms with Crippen LogP contribution in [0.25, 0.3) is 11.2 Å². The molecule has 0 bridgehead atoms. The topological polar surface area (TPSA) is 117 Å². The van der Waals surface area contributed by atoms with Gasteiger partial charge in [0, 0.05) is 13.6 Å². The van der Waals surface area contributed by atoms with Crippen LogP contribution in [0.2, 0.25) is 0 Å². The Balaban J connectivity index is 2.03. The van der Waals surface area contributed by atoms with Crippen LogP contribution < -0.4 is 16.7 Å². The number of aromatic amines is 1. The molecular weight excluding hydrogens is 324 g/mol. The summed E-state index contributed by atoms with van der Waals surface area (Å²) in [5.74, 6) is 0.419. The molecule has 3 rings (SSSR count). The van der Waals surface area contributed by atoms with E-state index in [4.69, 9.17) is 0 Å². The molecule has 128 valence electrons. The highest BCUT2D eigenvalue weighted by molar-refractivity contribution is 5.81. The van der Waals surface area contributed by atoms with E-state index in [1.165, 1.54) is 17.8 Å². The monoisotopic (exact) mass is 340 g/mol. The molecule has 1 aromatic carbocycles. The third kappa shape index (κ3) is 3.07. The fraction of sp³-hybridized carbons (Fsp3) is 0.125. The van der Waals surface area contributed by atoms with E-state index in [1.807, 2.05) is 0 Å². The maximum absolute atomic E-state index is 12.1. The number of anilines is 1. The molecule has 0 saturated carbocycles. The molecular formula is C16H16N6O3. The quantitative estimate of drug-likeness (QED) is 0.360. The molecule has 0 aliphatic heterocycles. The van der Waals surface area contributed by atoms with Crippen LogP contribution >= 0.6 is 0 Å². The average Bonchev–Trinajstić information content (AvgIpc) is 2.93. The maximum atomic E-state index is 12.1. The van der Waals surface area contributed by atoms with E-state index in [2.05, 4.69) is 27.1 Å². The summed E-state index contributed by atoms with van der Waals surface area (Å²) in [6.45, 7) is 3.97. The van der Waals surface area contributed by atoms with Crippen molar-refractivity contribution in [1.82, 2.24) is 19.1 Å². The molecule has 9 nitrogen and oxygen atoms in total. The standard InChI is InChI=1S/C16H16N6O3/c1-3-7-22-12-13(21(2)16(25)19-14(12)24)18-15(22)20-17-9-10-5-4-6-11(23)8-10/h3-6,8-9,23H,1,7H2,2H3,(H,18,20)(H,19,24,25). The normalized spacial score (nSPS) is 11.2. The van der Waals surface area contributed by atoms with Crippen LogP contribution in [0.3, 0.4) is 0 Å². The Bertz CT molecular complexity index is 1090. The zero-order chi connectivity index (χ0) is 18.0. The van der Waals surface area contributed by atoms with Gasteiger partial charge >= 0.3 is 5.69 Å². The molecule has 0 aliphatic rings. The molecule has 25 heavy (non-hydrogen) atoms. The van der Waals surface area contributed by atoms with Crippen LogP contribution in [0.5, 0.6) is 5.75 Å². The van der Waals surface area contributed by atoms with Crippen LogP contribution in [0.4, 0.5) is 5.95 Å². The Hall–Kier alpha value is -3.62. The molecule has 3 N–H and O–H groups in total. The second kappa shape index (κ2) is 6.48. The lowest BCUT2D eigenvalue weighted by molar-refractivity contribution is 0.475. The van der Waals surface area contributed by atoms with Crippen LogP contribution in [0.1, 0.15) is 5.56 Å². The number of H-pyrrole nitrogens is 1. The highest BCUT2D eigenvalue weighted by Crippen LogP contribution is 2.15. The smallest absolute Gasteiger partial charge is 0.329 e. The summed E-state index contributed by atoms with van der Waals surface area (Å²) in [6.07, 6.45) is 3.11. The lowest BCUT2D eigenvalue weighted by atomic mass is 10.2. The third-order valence-electron chi connectivity index (χ3n) is 3.57. The highest BCUT2D eigenvalue weighted by atomic mass is 16.3. The summed E-state index contributed by atoms with van der Waals surface area (Å²) in [5.41, 5.74) is 2.85. The molecule has 0 spiro atoms. The highest BCUT2D eigenvalue weighted by Gasteiger charge is 2.16. The second-order valence-electron chi connectivity index (χ2n) is 5.29. The molecule has 9 heteroatoms. The first kappa shape index (κ1) is 16.2. The number of hydrogen-bond acceptors (Lipinski definition) is 6. The fourth-order valence-electron chi connectivity index (χ4n) is 2.40. The lowest BCUT2D eigenvalue weighted by Gasteiger charge is -2.04. The molecule has 0 saturated heterocycles. The van der Waals surface area contributed by atoms with E-state index in [0.29, 0.717) is 12.1 Å². The van der Waals surface area contributed by atoms with Crippen molar-refractivity contribution >= 4 is 23.3 Å². The van der Waals surface area contributed by atoms with Gasteiger partial charge in [-0.15, -0.1) is 6.58 Å². The van der Waals surface area contributed by atoms with Crippen molar-refractivity contribution < 1.29 is 5.11 Å². The van der Waals surface area contributed by atoms with Crippen molar-refractivity contribution in [2.75, 3.05) is 5.43 Å². The molecule has 0 amide bonds. The van der Waals surface area contributed by atoms with Gasteiger partial charge in [0.2, 0.25) is 5.95 Å². The van der Waals surface area contributed by atoms with Crippen LogP contribution in [0.15, 0.2) is 51.6 Å². The van der Waals surface area contributed by atoms with E-state index < -0.39 is 11.2 Å². The van der Waals surface area contributed by atoms with Gasteiger partial charge in [-0.25, -0.2) is 10.2 Å². The van der Waals surface area contributed by atoms with Crippen molar-refractivity contribution in [1.29, 1.82) is 0 Å². The molecule has 0 radical (unpaired) electrons. The van der Waals surface area contributed by atoms with E-state index in [1.54, 1.807) is 34.9 Å². The van der Waals surface area contributed by atoms with Gasteiger partial charge in [0.15, 0.2) is 11.2 Å². The minimum absolute atomic E-state index is 0.129. The first-order valence-electron chi connectivity index (χ1n) is 7.40. The van der Waals surface area contributed by atoms with Crippen molar-refractivity contribution in [3.05, 3.63) is 63.3 Å². The number of nitrogens with zero attached hydrogens (tertiary/aromatic N) is 4. The zero-order valence-electron chi connectivity index (χ0n) is 13.4. The average molecular weight is 340 g/mol. The molecule has 0 atom stereocenters. The van der Waals surface area contributed by atoms with E-state index >= 15 is 0 Å². The number of aryl methyl sites for hydroxylation is 1. The Kier molecular flexibility index (Phi) is 4.21. The van der Waals surface area contributed by atoms with Gasteiger partial charge in [0.05, 0.1) is 6.21 Å². The van der Waals surface area contributed by atoms with Gasteiger partial charge in [-0.3, -0.25) is 18.9 Å². The number of nitrogens with one attached hydrogen (secondary N) is 2. The summed E-state index contributed by atoms with van der Waals surface area (Å²) >= 11 is 0. The molecule has 0 unspecified atom stereocenters. The summed E-state index contributed by atoms with van der Waals surface area (Å²) in [5, 5.41) is 13.5. The van der Waals surface area contributed by atoms with Gasteiger partial charge in [-0.1, -0.05) is 18.2 Å². The Labute approximate surface area is 141 Å². The van der Waals surface area contributed by atoms with Gasteiger partial charge in [-0.2, -0.15) is 10.1 Å². The summed E-state index contributed by atoms with van der Waals surface area (Å²) < 4.78 is 2.82. The number of rotatable bonds is 5. The number of benzene rings is 1. The van der Waals surface area contributed by atoms with Crippen molar-refractivity contribution in [3.8, 4) is 5.75 Å². The van der Waals surface area contributed by atoms with E-state index in [-0.39, 0.29) is 22.9 Å². The zero-order valence-corrected chi connectivity index (χ0v) is 13.4. The molecule has 2 heterocycles. The molecule has 3 aromatic rings. The lowest BCUT2D eigenvalue weighted by Crippen LogP contribution is -2.29. The van der Waals surface area contributed by atoms with Gasteiger partial charge in [-0.05, 0) is 17.7 Å². The second-order valence-corrected chi connectivity index (χ2v) is 5.29. The number of aromatic nitrogens is 4. The summed E-state index contributed by atoms with van der Waals surface area (Å²) in [6, 6.07) is 6.57. The molecule has 0 aliphatic carbocycles. The number of phenols is 1. The first-order chi connectivity index (χ1) is 12.0. The van der Waals surface area contributed by atoms with Crippen molar-refractivity contribution in [2.24, 2.45) is 12.1 Å². The van der Waals surface area contributed by atoms with Crippen molar-refractivity contribution in [2.45, 2.75) is 6.54 Å². The predicted octanol–water partition coefficient (Wildman–Crippen LogP) is 0.761. The van der Waals surface area contributed by atoms with E-state index in [0.717, 1.165) is 0 Å². The largest absolute Gasteiger partial charge is 0.508 e. The number of phenolic OH excluding ortho intramolecular Hbond substituents is 1. The first-order valence-corrected chi connectivity index (χ1v) is 7.40. The molecule has 2 aromatic heterocycles. The van der Waals surface area contributed by atoms with Gasteiger partial charge in [0.1, 0.15) is 5.75 Å². The number of hydrazone groups is 1. The summed E-state index contributed by atoms with van der Waals surface area (Å²) in [4.78, 5) is 30.4. The number of allylic oxidation sites excluding steroid dienone is 1. The predicted molar refractivity (Wildman–Crippen MR) is 95.1 cm³/mol. The minimum Gasteiger partial charge on any atom is -0.508 e. The van der Waals surface area contributed by atoms with Gasteiger partial charge in [0.25, 0.3) is 5.56 Å². The Morgan fingerprint density at radius 3 is 2.96 bits per heavy atom. The number of hydrogen-bond donors (Lipinski definition) is 3. The van der Waals surface area contributed by atoms with Crippen molar-refractivity contribution in [3.63, 3.8) is 0 Å². The maximum Gasteiger partial charge on any atom is 0.329 e. The Morgan fingerprint density at radius 2 is 2.24 bits per heavy atom. The van der Waals surface area contributed by atoms with Crippen LogP contribution in [0, 0.1) is 0 Å². The minimum atomic E-state index is -0.546. The number of fused-ring (bicyclic) bond motifs is 1. The summed E-state index contributed by atoms with van der Waals surface area (Å²) in [7, 11) is 1.52. The third-order valence-corrected chi connectivity index (χ3v) is 3.57. The van der Waals surface area contributed by atoms with E-state index in [9.17, 15) is 14.7 Å². The fourth-order valence-corrected chi connectivity index (χ4v) is 2.40. The Morgan fingerprint density at radius 1 is 1.44 bits per heavy atom. The molecule has 0 fully saturated rings. The number of aromatic hydroxyl groups is 1. The van der Waals surface area contributed by atoms with Crippen LogP contribution in [-0.2, 0) is 13.6 Å². The number of imidazole rings is 1.